The van der Waals surface area contributed by atoms with Crippen molar-refractivity contribution in [3.63, 3.8) is 0 Å². The highest BCUT2D eigenvalue weighted by Crippen LogP contribution is 2.28. The molecule has 104 valence electrons. The Morgan fingerprint density at radius 2 is 2.05 bits per heavy atom. The molecule has 0 fully saturated rings. The van der Waals surface area contributed by atoms with E-state index in [0.29, 0.717) is 18.1 Å². The number of carbonyl (C=O) groups excluding carboxylic acids is 1. The Balaban J connectivity index is 1.82. The number of hydrogen-bond acceptors (Lipinski definition) is 3. The smallest absolute Gasteiger partial charge is 0.291 e. The Morgan fingerprint density at radius 1 is 1.20 bits per heavy atom. The molecule has 0 radical (unpaired) electrons. The zero-order valence-corrected chi connectivity index (χ0v) is 11.3. The Kier molecular flexibility index (Phi) is 3.56. The van der Waals surface area contributed by atoms with Crippen LogP contribution < -0.4 is 11.1 Å². The summed E-state index contributed by atoms with van der Waals surface area (Å²) >= 11 is 0. The van der Waals surface area contributed by atoms with Crippen molar-refractivity contribution in [2.24, 2.45) is 5.73 Å². The van der Waals surface area contributed by atoms with E-state index in [0.717, 1.165) is 18.5 Å². The fourth-order valence-corrected chi connectivity index (χ4v) is 2.69. The molecule has 0 atom stereocenters. The van der Waals surface area contributed by atoms with E-state index in [4.69, 9.17) is 10.2 Å². The maximum atomic E-state index is 12.2. The number of amides is 1. The van der Waals surface area contributed by atoms with Crippen molar-refractivity contribution in [3.8, 4) is 0 Å². The van der Waals surface area contributed by atoms with Crippen LogP contribution >= 0.6 is 0 Å². The van der Waals surface area contributed by atoms with Crippen molar-refractivity contribution in [1.82, 2.24) is 0 Å². The van der Waals surface area contributed by atoms with Crippen LogP contribution in [-0.2, 0) is 19.4 Å². The number of benzene rings is 1. The molecular formula is C16H18N2O2. The highest BCUT2D eigenvalue weighted by molar-refractivity contribution is 6.02. The van der Waals surface area contributed by atoms with Crippen LogP contribution in [0.15, 0.2) is 34.7 Å². The molecule has 1 amide bonds. The van der Waals surface area contributed by atoms with Gasteiger partial charge in [0.1, 0.15) is 5.76 Å². The molecule has 3 rings (SSSR count). The first-order valence-electron chi connectivity index (χ1n) is 6.99. The monoisotopic (exact) mass is 270 g/mol. The number of anilines is 1. The Labute approximate surface area is 118 Å². The molecule has 0 saturated carbocycles. The van der Waals surface area contributed by atoms with Gasteiger partial charge in [-0.2, -0.15) is 0 Å². The van der Waals surface area contributed by atoms with Crippen LogP contribution in [0.5, 0.6) is 0 Å². The molecule has 1 aliphatic rings. The summed E-state index contributed by atoms with van der Waals surface area (Å²) in [5.74, 6) is 0.702. The highest BCUT2D eigenvalue weighted by Gasteiger charge is 2.16. The molecule has 1 heterocycles. The van der Waals surface area contributed by atoms with Gasteiger partial charge in [-0.1, -0.05) is 12.1 Å². The number of nitrogens with two attached hydrogens (primary N) is 1. The van der Waals surface area contributed by atoms with Gasteiger partial charge in [-0.15, -0.1) is 0 Å². The minimum atomic E-state index is -0.219. The fraction of sp³-hybridized carbons (Fsp3) is 0.312. The lowest BCUT2D eigenvalue weighted by Crippen LogP contribution is -2.14. The summed E-state index contributed by atoms with van der Waals surface area (Å²) < 4.78 is 5.37. The number of hydrogen-bond donors (Lipinski definition) is 2. The molecule has 0 aliphatic heterocycles. The van der Waals surface area contributed by atoms with Crippen molar-refractivity contribution in [2.45, 2.75) is 32.2 Å². The van der Waals surface area contributed by atoms with Crippen molar-refractivity contribution in [3.05, 3.63) is 53.0 Å². The molecule has 0 unspecified atom stereocenters. The van der Waals surface area contributed by atoms with E-state index in [9.17, 15) is 4.79 Å². The second-order valence-electron chi connectivity index (χ2n) is 5.07. The van der Waals surface area contributed by atoms with Gasteiger partial charge >= 0.3 is 0 Å². The van der Waals surface area contributed by atoms with E-state index in [1.807, 2.05) is 12.1 Å². The first kappa shape index (κ1) is 12.9. The summed E-state index contributed by atoms with van der Waals surface area (Å²) in [6.45, 7) is 0.300. The standard InChI is InChI=1S/C16H18N2O2/c17-10-12-8-9-15(20-12)16(19)18-14-7-3-5-11-4-1-2-6-13(11)14/h3,5,7-9H,1-2,4,6,10,17H2,(H,18,19). The molecule has 2 aromatic rings. The van der Waals surface area contributed by atoms with E-state index in [1.54, 1.807) is 12.1 Å². The summed E-state index contributed by atoms with van der Waals surface area (Å²) in [6.07, 6.45) is 4.52. The van der Waals surface area contributed by atoms with Crippen molar-refractivity contribution in [1.29, 1.82) is 0 Å². The molecule has 20 heavy (non-hydrogen) atoms. The van der Waals surface area contributed by atoms with Crippen LogP contribution in [0.3, 0.4) is 0 Å². The van der Waals surface area contributed by atoms with Crippen LogP contribution in [0.4, 0.5) is 5.69 Å². The van der Waals surface area contributed by atoms with Crippen LogP contribution in [0.25, 0.3) is 0 Å². The molecule has 0 spiro atoms. The SMILES string of the molecule is NCc1ccc(C(=O)Nc2cccc3c2CCCC3)o1. The van der Waals surface area contributed by atoms with Crippen LogP contribution in [0, 0.1) is 0 Å². The van der Waals surface area contributed by atoms with E-state index in [-0.39, 0.29) is 5.91 Å². The predicted molar refractivity (Wildman–Crippen MR) is 77.6 cm³/mol. The van der Waals surface area contributed by atoms with Crippen molar-refractivity contribution in [2.75, 3.05) is 5.32 Å². The Bertz CT molecular complexity index is 631. The minimum absolute atomic E-state index is 0.219. The van der Waals surface area contributed by atoms with Gasteiger partial charge in [0.15, 0.2) is 5.76 Å². The largest absolute Gasteiger partial charge is 0.455 e. The number of nitrogens with one attached hydrogen (secondary N) is 1. The molecular weight excluding hydrogens is 252 g/mol. The first-order chi connectivity index (χ1) is 9.78. The van der Waals surface area contributed by atoms with E-state index in [1.165, 1.54) is 24.0 Å². The van der Waals surface area contributed by atoms with Crippen LogP contribution in [-0.4, -0.2) is 5.91 Å². The number of rotatable bonds is 3. The van der Waals surface area contributed by atoms with Crippen molar-refractivity contribution >= 4 is 11.6 Å². The maximum absolute atomic E-state index is 12.2. The highest BCUT2D eigenvalue weighted by atomic mass is 16.4. The first-order valence-corrected chi connectivity index (χ1v) is 6.99. The fourth-order valence-electron chi connectivity index (χ4n) is 2.69. The van der Waals surface area contributed by atoms with E-state index < -0.39 is 0 Å². The molecule has 0 bridgehead atoms. The molecule has 1 aromatic carbocycles. The molecule has 4 heteroatoms. The second-order valence-corrected chi connectivity index (χ2v) is 5.07. The summed E-state index contributed by atoms with van der Waals surface area (Å²) in [7, 11) is 0. The van der Waals surface area contributed by atoms with Gasteiger partial charge in [0, 0.05) is 5.69 Å². The normalized spacial score (nSPS) is 13.8. The number of aryl methyl sites for hydroxylation is 1. The molecule has 1 aromatic heterocycles. The second kappa shape index (κ2) is 5.51. The molecule has 0 saturated heterocycles. The molecule has 4 nitrogen and oxygen atoms in total. The lowest BCUT2D eigenvalue weighted by atomic mass is 9.90. The average Bonchev–Trinajstić information content (AvgIpc) is 2.97. The van der Waals surface area contributed by atoms with Crippen LogP contribution in [0.1, 0.15) is 40.3 Å². The lowest BCUT2D eigenvalue weighted by Gasteiger charge is -2.19. The zero-order valence-electron chi connectivity index (χ0n) is 11.3. The number of furan rings is 1. The minimum Gasteiger partial charge on any atom is -0.455 e. The molecule has 1 aliphatic carbocycles. The van der Waals surface area contributed by atoms with Gasteiger partial charge in [-0.05, 0) is 55.0 Å². The van der Waals surface area contributed by atoms with Gasteiger partial charge in [-0.25, -0.2) is 0 Å². The predicted octanol–water partition coefficient (Wildman–Crippen LogP) is 2.87. The third-order valence-electron chi connectivity index (χ3n) is 3.73. The third kappa shape index (κ3) is 2.47. The Hall–Kier alpha value is -2.07. The lowest BCUT2D eigenvalue weighted by molar-refractivity contribution is 0.0995. The Morgan fingerprint density at radius 3 is 2.85 bits per heavy atom. The van der Waals surface area contributed by atoms with Crippen LogP contribution in [0.2, 0.25) is 0 Å². The van der Waals surface area contributed by atoms with Gasteiger partial charge < -0.3 is 15.5 Å². The topological polar surface area (TPSA) is 68.3 Å². The van der Waals surface area contributed by atoms with Crippen molar-refractivity contribution < 1.29 is 9.21 Å². The van der Waals surface area contributed by atoms with Gasteiger partial charge in [-0.3, -0.25) is 4.79 Å². The van der Waals surface area contributed by atoms with Gasteiger partial charge in [0.05, 0.1) is 6.54 Å². The van der Waals surface area contributed by atoms with Gasteiger partial charge in [0.2, 0.25) is 0 Å². The summed E-state index contributed by atoms with van der Waals surface area (Å²) in [6, 6.07) is 9.48. The maximum Gasteiger partial charge on any atom is 0.291 e. The number of carbonyl (C=O) groups is 1. The quantitative estimate of drug-likeness (QED) is 0.901. The summed E-state index contributed by atoms with van der Waals surface area (Å²) in [5.41, 5.74) is 8.99. The van der Waals surface area contributed by atoms with Gasteiger partial charge in [0.25, 0.3) is 5.91 Å². The average molecular weight is 270 g/mol. The number of fused-ring (bicyclic) bond motifs is 1. The summed E-state index contributed by atoms with van der Waals surface area (Å²) in [4.78, 5) is 12.2. The van der Waals surface area contributed by atoms with E-state index >= 15 is 0 Å². The summed E-state index contributed by atoms with van der Waals surface area (Å²) in [5, 5.41) is 2.95. The third-order valence-corrected chi connectivity index (χ3v) is 3.73. The zero-order chi connectivity index (χ0) is 13.9. The van der Waals surface area contributed by atoms with E-state index in [2.05, 4.69) is 11.4 Å². The molecule has 3 N–H and O–H groups in total.